The number of carbonyl (C=O) groups is 2. The van der Waals surface area contributed by atoms with Gasteiger partial charge >= 0.3 is 0 Å². The predicted octanol–water partition coefficient (Wildman–Crippen LogP) is 4.45. The molecule has 8 nitrogen and oxygen atoms in total. The summed E-state index contributed by atoms with van der Waals surface area (Å²) in [6.45, 7) is 10.4. The molecule has 0 saturated carbocycles. The highest BCUT2D eigenvalue weighted by molar-refractivity contribution is 5.97. The largest absolute Gasteiger partial charge is 0.508 e. The van der Waals surface area contributed by atoms with Gasteiger partial charge in [-0.1, -0.05) is 12.1 Å². The van der Waals surface area contributed by atoms with Gasteiger partial charge < -0.3 is 20.3 Å². The molecule has 3 N–H and O–H groups in total. The van der Waals surface area contributed by atoms with E-state index in [4.69, 9.17) is 21.8 Å². The summed E-state index contributed by atoms with van der Waals surface area (Å²) in [6, 6.07) is 11.8. The lowest BCUT2D eigenvalue weighted by Gasteiger charge is -2.26. The molecule has 0 unspecified atom stereocenters. The normalized spacial score (nSPS) is 17.7. The van der Waals surface area contributed by atoms with Crippen LogP contribution in [0.1, 0.15) is 48.3 Å². The van der Waals surface area contributed by atoms with Crippen molar-refractivity contribution >= 4 is 17.4 Å². The second-order valence-corrected chi connectivity index (χ2v) is 9.42. The fourth-order valence-electron chi connectivity index (χ4n) is 4.24. The monoisotopic (exact) mass is 503 g/mol. The Morgan fingerprint density at radius 3 is 2.59 bits per heavy atom. The van der Waals surface area contributed by atoms with Gasteiger partial charge in [0, 0.05) is 23.1 Å². The third-order valence-electron chi connectivity index (χ3n) is 6.75. The molecule has 1 aliphatic rings. The zero-order valence-electron chi connectivity index (χ0n) is 20.7. The van der Waals surface area contributed by atoms with E-state index in [1.54, 1.807) is 19.1 Å². The Morgan fingerprint density at radius 2 is 1.97 bits per heavy atom. The number of aromatic nitrogens is 1. The quantitative estimate of drug-likeness (QED) is 0.347. The average Bonchev–Trinajstić information content (AvgIpc) is 3.24. The molecule has 9 heteroatoms. The van der Waals surface area contributed by atoms with E-state index in [2.05, 4.69) is 9.83 Å². The van der Waals surface area contributed by atoms with Crippen LogP contribution in [0.25, 0.3) is 16.1 Å². The summed E-state index contributed by atoms with van der Waals surface area (Å²) >= 11 is 0. The lowest BCUT2D eigenvalue weighted by atomic mass is 9.81. The Balaban J connectivity index is 1.70. The molecule has 37 heavy (non-hydrogen) atoms. The molecule has 0 aliphatic carbocycles. The number of nitrogens with two attached hydrogens (primary N) is 1. The smallest absolute Gasteiger partial charge is 0.231 e. The number of amides is 1. The van der Waals surface area contributed by atoms with Gasteiger partial charge in [0.2, 0.25) is 11.6 Å². The van der Waals surface area contributed by atoms with Gasteiger partial charge in [-0.15, -0.1) is 0 Å². The first kappa shape index (κ1) is 25.8. The molecule has 190 valence electrons. The fraction of sp³-hybridized carbons (Fsp3) is 0.286. The number of rotatable bonds is 8. The molecule has 2 heterocycles. The van der Waals surface area contributed by atoms with Crippen molar-refractivity contribution in [1.82, 2.24) is 4.98 Å². The highest BCUT2D eigenvalue weighted by Gasteiger charge is 2.45. The van der Waals surface area contributed by atoms with E-state index in [1.165, 1.54) is 50.4 Å². The Labute approximate surface area is 213 Å². The lowest BCUT2D eigenvalue weighted by molar-refractivity contribution is -0.123. The first-order valence-electron chi connectivity index (χ1n) is 11.6. The maximum atomic E-state index is 13.6. The Kier molecular flexibility index (Phi) is 6.72. The first-order chi connectivity index (χ1) is 17.5. The van der Waals surface area contributed by atoms with Gasteiger partial charge in [-0.2, -0.15) is 0 Å². The van der Waals surface area contributed by atoms with Crippen LogP contribution in [0.3, 0.4) is 0 Å². The minimum atomic E-state index is -1.57. The Morgan fingerprint density at radius 1 is 1.27 bits per heavy atom. The fourth-order valence-corrected chi connectivity index (χ4v) is 4.24. The van der Waals surface area contributed by atoms with Crippen molar-refractivity contribution in [2.24, 2.45) is 5.73 Å². The number of Topliss-reactive ketones (excluding diaryl/α,β-unsaturated/α-hetero) is 1. The molecular formula is C28H26FN3O5. The molecule has 2 atom stereocenters. The van der Waals surface area contributed by atoms with Crippen LogP contribution < -0.4 is 15.2 Å². The number of hydrogen-bond donors (Lipinski definition) is 2. The average molecular weight is 504 g/mol. The molecule has 0 saturated heterocycles. The van der Waals surface area contributed by atoms with E-state index in [0.29, 0.717) is 39.6 Å². The predicted molar refractivity (Wildman–Crippen MR) is 134 cm³/mol. The summed E-state index contributed by atoms with van der Waals surface area (Å²) in [5.74, 6) is -0.635. The Hall–Kier alpha value is -4.29. The summed E-state index contributed by atoms with van der Waals surface area (Å²) in [6.07, 6.45) is -0.0107. The minimum Gasteiger partial charge on any atom is -0.508 e. The van der Waals surface area contributed by atoms with Gasteiger partial charge in [-0.3, -0.25) is 9.59 Å². The zero-order chi connectivity index (χ0) is 27.0. The first-order valence-corrected chi connectivity index (χ1v) is 11.6. The topological polar surface area (TPSA) is 116 Å². The number of ether oxygens (including phenoxy) is 2. The van der Waals surface area contributed by atoms with Crippen molar-refractivity contribution in [1.29, 1.82) is 0 Å². The molecular weight excluding hydrogens is 477 g/mol. The number of fused-ring (bicyclic) bond motifs is 1. The van der Waals surface area contributed by atoms with Crippen LogP contribution >= 0.6 is 0 Å². The van der Waals surface area contributed by atoms with Crippen molar-refractivity contribution in [3.63, 3.8) is 0 Å². The van der Waals surface area contributed by atoms with Gasteiger partial charge in [-0.25, -0.2) is 14.2 Å². The van der Waals surface area contributed by atoms with Gasteiger partial charge in [0.15, 0.2) is 5.78 Å². The zero-order valence-corrected chi connectivity index (χ0v) is 20.7. The summed E-state index contributed by atoms with van der Waals surface area (Å²) in [4.78, 5) is 33.2. The van der Waals surface area contributed by atoms with E-state index >= 15 is 0 Å². The summed E-state index contributed by atoms with van der Waals surface area (Å²) < 4.78 is 24.6. The SMILES string of the molecule is [C-]#[N+]c1ccc(C(=O)CC[C@](C)(O)c2cc3c(c(-c4ccc(F)cc4)n2)OC[C@]3(C)C(N)=O)cc1OC. The van der Waals surface area contributed by atoms with E-state index in [1.807, 2.05) is 0 Å². The van der Waals surface area contributed by atoms with Crippen molar-refractivity contribution in [3.8, 4) is 22.8 Å². The molecule has 1 aromatic heterocycles. The van der Waals surface area contributed by atoms with Gasteiger partial charge in [-0.05, 0) is 56.7 Å². The molecule has 3 aromatic rings. The molecule has 0 fully saturated rings. The standard InChI is InChI=1S/C28H26FN3O5/c1-27(26(30)34)15-37-25-19(27)14-23(32-24(25)16-5-8-18(29)9-6-16)28(2,35)12-11-21(33)17-7-10-20(31-3)22(13-17)36-4/h5-10,13-14,35H,11-12,15H2,1-2,4H3,(H2,30,34)/t27-,28-/m0/s1. The maximum Gasteiger partial charge on any atom is 0.231 e. The van der Waals surface area contributed by atoms with Gasteiger partial charge in [0.05, 0.1) is 19.4 Å². The summed E-state index contributed by atoms with van der Waals surface area (Å²) in [5, 5.41) is 11.4. The molecule has 0 spiro atoms. The summed E-state index contributed by atoms with van der Waals surface area (Å²) in [7, 11) is 1.42. The van der Waals surface area contributed by atoms with E-state index in [0.717, 1.165) is 0 Å². The van der Waals surface area contributed by atoms with E-state index in [9.17, 15) is 19.1 Å². The van der Waals surface area contributed by atoms with Crippen molar-refractivity contribution < 1.29 is 28.6 Å². The summed E-state index contributed by atoms with van der Waals surface area (Å²) in [5.41, 5.74) is 5.17. The molecule has 0 bridgehead atoms. The molecule has 2 aromatic carbocycles. The number of halogens is 1. The Bertz CT molecular complexity index is 1430. The number of ketones is 1. The van der Waals surface area contributed by atoms with Crippen molar-refractivity contribution in [2.75, 3.05) is 13.7 Å². The van der Waals surface area contributed by atoms with Gasteiger partial charge in [0.1, 0.15) is 40.6 Å². The number of hydrogen-bond acceptors (Lipinski definition) is 6. The van der Waals surface area contributed by atoms with E-state index in [-0.39, 0.29) is 30.9 Å². The van der Waals surface area contributed by atoms with Gasteiger partial charge in [0.25, 0.3) is 0 Å². The number of carbonyl (C=O) groups excluding carboxylic acids is 2. The van der Waals surface area contributed by atoms with Crippen LogP contribution in [-0.4, -0.2) is 35.5 Å². The van der Waals surface area contributed by atoms with Crippen molar-refractivity contribution in [3.05, 3.63) is 82.6 Å². The van der Waals surface area contributed by atoms with E-state index < -0.39 is 22.7 Å². The molecule has 1 amide bonds. The second-order valence-electron chi connectivity index (χ2n) is 9.42. The third-order valence-corrected chi connectivity index (χ3v) is 6.75. The van der Waals surface area contributed by atoms with Crippen LogP contribution in [0.15, 0.2) is 48.5 Å². The number of methoxy groups -OCH3 is 1. The maximum absolute atomic E-state index is 13.6. The van der Waals surface area contributed by atoms with Crippen LogP contribution in [0.4, 0.5) is 10.1 Å². The second kappa shape index (κ2) is 9.64. The van der Waals surface area contributed by atoms with Crippen LogP contribution in [0.5, 0.6) is 11.5 Å². The van der Waals surface area contributed by atoms with Crippen LogP contribution in [-0.2, 0) is 15.8 Å². The van der Waals surface area contributed by atoms with Crippen LogP contribution in [0.2, 0.25) is 0 Å². The highest BCUT2D eigenvalue weighted by Crippen LogP contribution is 2.46. The number of benzene rings is 2. The number of aliphatic hydroxyl groups is 1. The molecule has 0 radical (unpaired) electrons. The number of nitrogens with zero attached hydrogens (tertiary/aromatic N) is 2. The molecule has 4 rings (SSSR count). The third kappa shape index (κ3) is 4.76. The van der Waals surface area contributed by atoms with Crippen molar-refractivity contribution in [2.45, 2.75) is 37.7 Å². The number of pyridine rings is 1. The number of primary amides is 1. The lowest BCUT2D eigenvalue weighted by Crippen LogP contribution is -2.40. The van der Waals surface area contributed by atoms with Crippen LogP contribution in [0, 0.1) is 12.4 Å². The highest BCUT2D eigenvalue weighted by atomic mass is 19.1. The minimum absolute atomic E-state index is 0.0000570. The molecule has 1 aliphatic heterocycles.